The van der Waals surface area contributed by atoms with E-state index in [1.54, 1.807) is 0 Å². The molecule has 0 heterocycles. The van der Waals surface area contributed by atoms with Gasteiger partial charge in [-0.1, -0.05) is 35.3 Å². The maximum absolute atomic E-state index is 3.28. The molecule has 0 saturated carbocycles. The summed E-state index contributed by atoms with van der Waals surface area (Å²) in [6.45, 7) is 2.09. The van der Waals surface area contributed by atoms with E-state index in [9.17, 15) is 0 Å². The minimum atomic E-state index is 1.25. The molecule has 0 saturated heterocycles. The first kappa shape index (κ1) is 6.88. The second-order valence-electron chi connectivity index (χ2n) is 1.97. The van der Waals surface area contributed by atoms with Gasteiger partial charge in [-0.25, -0.2) is 0 Å². The van der Waals surface area contributed by atoms with Crippen LogP contribution in [0.5, 0.6) is 0 Å². The van der Waals surface area contributed by atoms with Crippen molar-refractivity contribution in [3.8, 4) is 0 Å². The van der Waals surface area contributed by atoms with Gasteiger partial charge in [-0.05, 0) is 6.92 Å². The Morgan fingerprint density at radius 1 is 1.33 bits per heavy atom. The summed E-state index contributed by atoms with van der Waals surface area (Å²) in [5.41, 5.74) is 2.55. The standard InChI is InChI=1S/C7H7BBr/c1-6-4-2-3-5-7(6)8-9/h2-5H,1H3. The van der Waals surface area contributed by atoms with Gasteiger partial charge in [-0.15, -0.1) is 0 Å². The van der Waals surface area contributed by atoms with Gasteiger partial charge in [0.25, 0.3) is 0 Å². The van der Waals surface area contributed by atoms with Crippen LogP contribution < -0.4 is 5.46 Å². The lowest BCUT2D eigenvalue weighted by molar-refractivity contribution is 1.52. The van der Waals surface area contributed by atoms with Gasteiger partial charge in [0.15, 0.2) is 0 Å². The molecule has 45 valence electrons. The minimum absolute atomic E-state index is 1.25. The first-order valence-electron chi connectivity index (χ1n) is 2.83. The maximum atomic E-state index is 3.28. The zero-order valence-electron chi connectivity index (χ0n) is 5.26. The van der Waals surface area contributed by atoms with Crippen LogP contribution in [0.15, 0.2) is 24.3 Å². The number of hydrogen-bond acceptors (Lipinski definition) is 0. The van der Waals surface area contributed by atoms with E-state index in [1.165, 1.54) is 11.0 Å². The monoisotopic (exact) mass is 181 g/mol. The van der Waals surface area contributed by atoms with E-state index in [2.05, 4.69) is 34.8 Å². The molecule has 0 aliphatic carbocycles. The molecule has 0 nitrogen and oxygen atoms in total. The molecular weight excluding hydrogens is 175 g/mol. The van der Waals surface area contributed by atoms with Crippen molar-refractivity contribution in [1.29, 1.82) is 0 Å². The summed E-state index contributed by atoms with van der Waals surface area (Å²) in [4.78, 5) is 0. The predicted molar refractivity (Wildman–Crippen MR) is 45.5 cm³/mol. The molecular formula is C7H7BBr. The molecule has 2 heteroatoms. The second kappa shape index (κ2) is 3.07. The third-order valence-corrected chi connectivity index (χ3v) is 1.80. The number of rotatable bonds is 1. The number of halogens is 1. The second-order valence-corrected chi connectivity index (χ2v) is 2.42. The largest absolute Gasteiger partial charge is 0.243 e. The van der Waals surface area contributed by atoms with Crippen molar-refractivity contribution in [3.05, 3.63) is 29.8 Å². The third-order valence-electron chi connectivity index (χ3n) is 1.31. The van der Waals surface area contributed by atoms with Crippen molar-refractivity contribution in [2.24, 2.45) is 0 Å². The zero-order valence-corrected chi connectivity index (χ0v) is 6.85. The normalized spacial score (nSPS) is 9.11. The number of aryl methyl sites for hydroxylation is 1. The molecule has 0 atom stereocenters. The van der Waals surface area contributed by atoms with Gasteiger partial charge in [0.05, 0.1) is 0 Å². The van der Waals surface area contributed by atoms with E-state index in [-0.39, 0.29) is 0 Å². The Bertz CT molecular complexity index is 198. The van der Waals surface area contributed by atoms with Crippen LogP contribution >= 0.6 is 15.8 Å². The van der Waals surface area contributed by atoms with Gasteiger partial charge < -0.3 is 0 Å². The fourth-order valence-electron chi connectivity index (χ4n) is 0.709. The summed E-state index contributed by atoms with van der Waals surface area (Å²) in [5, 5.41) is 0. The fraction of sp³-hybridized carbons (Fsp3) is 0.143. The predicted octanol–water partition coefficient (Wildman–Crippen LogP) is 1.63. The third kappa shape index (κ3) is 1.58. The number of benzene rings is 1. The molecule has 1 aromatic rings. The van der Waals surface area contributed by atoms with Gasteiger partial charge in [0.2, 0.25) is 6.10 Å². The number of hydrogen-bond donors (Lipinski definition) is 0. The Labute approximate surface area is 64.5 Å². The lowest BCUT2D eigenvalue weighted by Gasteiger charge is -1.96. The summed E-state index contributed by atoms with van der Waals surface area (Å²) >= 11 is 3.28. The molecule has 0 spiro atoms. The molecule has 1 radical (unpaired) electrons. The van der Waals surface area contributed by atoms with Crippen LogP contribution in [-0.2, 0) is 0 Å². The summed E-state index contributed by atoms with van der Waals surface area (Å²) < 4.78 is 0. The van der Waals surface area contributed by atoms with E-state index in [4.69, 9.17) is 0 Å². The molecule has 0 aliphatic heterocycles. The Hall–Kier alpha value is -0.235. The van der Waals surface area contributed by atoms with Gasteiger partial charge in [0, 0.05) is 0 Å². The molecule has 0 N–H and O–H groups in total. The molecule has 1 aromatic carbocycles. The summed E-state index contributed by atoms with van der Waals surface area (Å²) in [7, 11) is 0. The highest BCUT2D eigenvalue weighted by Crippen LogP contribution is 1.92. The Balaban J connectivity index is 3.01. The Morgan fingerprint density at radius 2 is 2.00 bits per heavy atom. The van der Waals surface area contributed by atoms with Crippen molar-refractivity contribution in [3.63, 3.8) is 0 Å². The van der Waals surface area contributed by atoms with Crippen LogP contribution in [-0.4, -0.2) is 6.10 Å². The Morgan fingerprint density at radius 3 is 2.44 bits per heavy atom. The summed E-state index contributed by atoms with van der Waals surface area (Å²) in [6, 6.07) is 8.23. The average molecular weight is 182 g/mol. The van der Waals surface area contributed by atoms with Crippen LogP contribution in [0, 0.1) is 6.92 Å². The summed E-state index contributed by atoms with van der Waals surface area (Å²) in [6.07, 6.45) is 1.93. The quantitative estimate of drug-likeness (QED) is 0.579. The Kier molecular flexibility index (Phi) is 2.34. The van der Waals surface area contributed by atoms with Crippen molar-refractivity contribution < 1.29 is 0 Å². The van der Waals surface area contributed by atoms with Crippen molar-refractivity contribution >= 4 is 27.3 Å². The van der Waals surface area contributed by atoms with Gasteiger partial charge in [-0.2, -0.15) is 15.8 Å². The van der Waals surface area contributed by atoms with Crippen LogP contribution in [0.3, 0.4) is 0 Å². The van der Waals surface area contributed by atoms with Crippen molar-refractivity contribution in [1.82, 2.24) is 0 Å². The van der Waals surface area contributed by atoms with Crippen LogP contribution in [0.2, 0.25) is 0 Å². The molecule has 0 fully saturated rings. The van der Waals surface area contributed by atoms with Crippen LogP contribution in [0.25, 0.3) is 0 Å². The van der Waals surface area contributed by atoms with Crippen LogP contribution in [0.1, 0.15) is 5.56 Å². The van der Waals surface area contributed by atoms with E-state index in [0.29, 0.717) is 0 Å². The molecule has 0 unspecified atom stereocenters. The SMILES string of the molecule is Cc1ccccc1[B]Br. The highest BCUT2D eigenvalue weighted by molar-refractivity contribution is 9.23. The van der Waals surface area contributed by atoms with Crippen LogP contribution in [0.4, 0.5) is 0 Å². The van der Waals surface area contributed by atoms with Crippen molar-refractivity contribution in [2.75, 3.05) is 0 Å². The molecule has 0 aliphatic rings. The molecule has 0 bridgehead atoms. The fourth-order valence-corrected chi connectivity index (χ4v) is 1.22. The first-order valence-corrected chi connectivity index (χ1v) is 3.75. The van der Waals surface area contributed by atoms with Gasteiger partial charge in [0.1, 0.15) is 0 Å². The molecule has 0 amide bonds. The summed E-state index contributed by atoms with van der Waals surface area (Å²) in [5.74, 6) is 0. The molecule has 0 aromatic heterocycles. The topological polar surface area (TPSA) is 0 Å². The van der Waals surface area contributed by atoms with E-state index in [1.807, 2.05) is 18.2 Å². The maximum Gasteiger partial charge on any atom is 0.243 e. The molecule has 1 rings (SSSR count). The van der Waals surface area contributed by atoms with E-state index < -0.39 is 0 Å². The zero-order chi connectivity index (χ0) is 6.69. The van der Waals surface area contributed by atoms with E-state index >= 15 is 0 Å². The minimum Gasteiger partial charge on any atom is -0.158 e. The highest BCUT2D eigenvalue weighted by atomic mass is 79.9. The average Bonchev–Trinajstić information content (AvgIpc) is 1.89. The van der Waals surface area contributed by atoms with Crippen molar-refractivity contribution in [2.45, 2.75) is 6.92 Å². The highest BCUT2D eigenvalue weighted by Gasteiger charge is 1.92. The smallest absolute Gasteiger partial charge is 0.158 e. The lowest BCUT2D eigenvalue weighted by atomic mass is 9.91. The first-order chi connectivity index (χ1) is 4.34. The lowest BCUT2D eigenvalue weighted by Crippen LogP contribution is -2.10. The van der Waals surface area contributed by atoms with E-state index in [0.717, 1.165) is 0 Å². The molecule has 9 heavy (non-hydrogen) atoms. The van der Waals surface area contributed by atoms with Gasteiger partial charge in [-0.3, -0.25) is 0 Å². The van der Waals surface area contributed by atoms with Gasteiger partial charge >= 0.3 is 0 Å².